The summed E-state index contributed by atoms with van der Waals surface area (Å²) in [5.74, 6) is 0. The van der Waals surface area contributed by atoms with Gasteiger partial charge in [-0.2, -0.15) is 0 Å². The van der Waals surface area contributed by atoms with Gasteiger partial charge in [-0.05, 0) is 17.7 Å². The number of aliphatic hydroxyl groups is 1. The summed E-state index contributed by atoms with van der Waals surface area (Å²) in [5.41, 5.74) is 7.80. The largest absolute Gasteiger partial charge is 0.394 e. The zero-order valence-electron chi connectivity index (χ0n) is 8.44. The van der Waals surface area contributed by atoms with E-state index in [2.05, 4.69) is 0 Å². The van der Waals surface area contributed by atoms with Crippen LogP contribution in [0.25, 0.3) is 10.9 Å². The molecule has 1 heterocycles. The molecule has 0 aliphatic carbocycles. The quantitative estimate of drug-likeness (QED) is 0.818. The second-order valence-corrected chi connectivity index (χ2v) is 4.08. The standard InChI is InChI=1S/C11H13ClN2O/c1-14-5-9(10(13)6-15)8-3-2-7(12)4-11(8)14/h2-5,10,15H,6,13H2,1H3/t10-/m0/s1. The van der Waals surface area contributed by atoms with Crippen LogP contribution in [0.5, 0.6) is 0 Å². The first kappa shape index (κ1) is 10.5. The van der Waals surface area contributed by atoms with Gasteiger partial charge >= 0.3 is 0 Å². The van der Waals surface area contributed by atoms with Gasteiger partial charge < -0.3 is 15.4 Å². The monoisotopic (exact) mass is 224 g/mol. The molecule has 0 bridgehead atoms. The third-order valence-electron chi connectivity index (χ3n) is 2.58. The first-order valence-electron chi connectivity index (χ1n) is 4.74. The van der Waals surface area contributed by atoms with Gasteiger partial charge in [-0.25, -0.2) is 0 Å². The van der Waals surface area contributed by atoms with E-state index >= 15 is 0 Å². The zero-order chi connectivity index (χ0) is 11.0. The molecule has 1 aromatic heterocycles. The van der Waals surface area contributed by atoms with Gasteiger partial charge in [0.05, 0.1) is 12.6 Å². The summed E-state index contributed by atoms with van der Waals surface area (Å²) in [6.45, 7) is -0.0538. The molecule has 15 heavy (non-hydrogen) atoms. The van der Waals surface area contributed by atoms with Gasteiger partial charge in [0.15, 0.2) is 0 Å². The lowest BCUT2D eigenvalue weighted by molar-refractivity contribution is 0.268. The van der Waals surface area contributed by atoms with Crippen molar-refractivity contribution in [2.24, 2.45) is 12.8 Å². The fourth-order valence-electron chi connectivity index (χ4n) is 1.78. The summed E-state index contributed by atoms with van der Waals surface area (Å²) < 4.78 is 1.96. The molecular formula is C11H13ClN2O. The summed E-state index contributed by atoms with van der Waals surface area (Å²) in [6.07, 6.45) is 1.93. The highest BCUT2D eigenvalue weighted by Crippen LogP contribution is 2.27. The Morgan fingerprint density at radius 3 is 2.93 bits per heavy atom. The number of halogens is 1. The number of nitrogens with zero attached hydrogens (tertiary/aromatic N) is 1. The van der Waals surface area contributed by atoms with Crippen LogP contribution >= 0.6 is 11.6 Å². The second-order valence-electron chi connectivity index (χ2n) is 3.65. The molecule has 4 heteroatoms. The first-order valence-corrected chi connectivity index (χ1v) is 5.12. The lowest BCUT2D eigenvalue weighted by atomic mass is 10.1. The topological polar surface area (TPSA) is 51.2 Å². The molecule has 0 spiro atoms. The SMILES string of the molecule is Cn1cc([C@@H](N)CO)c2ccc(Cl)cc21. The number of aromatic nitrogens is 1. The fourth-order valence-corrected chi connectivity index (χ4v) is 1.95. The van der Waals surface area contributed by atoms with E-state index in [0.717, 1.165) is 16.5 Å². The Labute approximate surface area is 93.1 Å². The van der Waals surface area contributed by atoms with Gasteiger partial charge in [0.1, 0.15) is 0 Å². The molecule has 0 radical (unpaired) electrons. The minimum Gasteiger partial charge on any atom is -0.394 e. The molecule has 0 aliphatic rings. The van der Waals surface area contributed by atoms with Crippen molar-refractivity contribution < 1.29 is 5.11 Å². The number of rotatable bonds is 2. The van der Waals surface area contributed by atoms with E-state index in [9.17, 15) is 0 Å². The highest BCUT2D eigenvalue weighted by atomic mass is 35.5. The van der Waals surface area contributed by atoms with E-state index in [0.29, 0.717) is 5.02 Å². The predicted molar refractivity (Wildman–Crippen MR) is 61.9 cm³/mol. The van der Waals surface area contributed by atoms with Crippen molar-refractivity contribution in [3.8, 4) is 0 Å². The number of hydrogen-bond donors (Lipinski definition) is 2. The van der Waals surface area contributed by atoms with E-state index in [1.54, 1.807) is 0 Å². The van der Waals surface area contributed by atoms with Crippen LogP contribution in [0.15, 0.2) is 24.4 Å². The van der Waals surface area contributed by atoms with Crippen molar-refractivity contribution in [1.29, 1.82) is 0 Å². The number of nitrogens with two attached hydrogens (primary N) is 1. The smallest absolute Gasteiger partial charge is 0.0625 e. The molecule has 3 nitrogen and oxygen atoms in total. The van der Waals surface area contributed by atoms with Crippen molar-refractivity contribution in [3.05, 3.63) is 35.0 Å². The maximum absolute atomic E-state index is 9.05. The Morgan fingerprint density at radius 2 is 2.27 bits per heavy atom. The van der Waals surface area contributed by atoms with Crippen LogP contribution in [0.3, 0.4) is 0 Å². The van der Waals surface area contributed by atoms with E-state index in [-0.39, 0.29) is 12.6 Å². The number of hydrogen-bond acceptors (Lipinski definition) is 2. The Morgan fingerprint density at radius 1 is 1.53 bits per heavy atom. The van der Waals surface area contributed by atoms with Crippen molar-refractivity contribution in [3.63, 3.8) is 0 Å². The predicted octanol–water partition coefficient (Wildman–Crippen LogP) is 1.82. The average molecular weight is 225 g/mol. The van der Waals surface area contributed by atoms with E-state index in [1.807, 2.05) is 36.0 Å². The molecule has 80 valence electrons. The fraction of sp³-hybridized carbons (Fsp3) is 0.273. The third kappa shape index (κ3) is 1.74. The molecule has 2 rings (SSSR count). The molecule has 0 amide bonds. The molecule has 3 N–H and O–H groups in total. The van der Waals surface area contributed by atoms with E-state index < -0.39 is 0 Å². The molecule has 0 aliphatic heterocycles. The number of aliphatic hydroxyl groups excluding tert-OH is 1. The van der Waals surface area contributed by atoms with Gasteiger partial charge in [0.25, 0.3) is 0 Å². The molecule has 0 saturated carbocycles. The number of fused-ring (bicyclic) bond motifs is 1. The Balaban J connectivity index is 2.68. The second kappa shape index (κ2) is 3.85. The van der Waals surface area contributed by atoms with E-state index in [4.69, 9.17) is 22.4 Å². The maximum Gasteiger partial charge on any atom is 0.0625 e. The minimum atomic E-state index is -0.338. The first-order chi connectivity index (χ1) is 7.13. The van der Waals surface area contributed by atoms with Crippen LogP contribution in [0.2, 0.25) is 5.02 Å². The zero-order valence-corrected chi connectivity index (χ0v) is 9.20. The molecule has 2 aromatic rings. The average Bonchev–Trinajstić information content (AvgIpc) is 2.55. The molecule has 0 saturated heterocycles. The van der Waals surface area contributed by atoms with Crippen molar-refractivity contribution >= 4 is 22.5 Å². The number of benzene rings is 1. The van der Waals surface area contributed by atoms with Gasteiger partial charge in [0.2, 0.25) is 0 Å². The van der Waals surface area contributed by atoms with Gasteiger partial charge in [-0.15, -0.1) is 0 Å². The Hall–Kier alpha value is -1.03. The summed E-state index contributed by atoms with van der Waals surface area (Å²) in [7, 11) is 1.94. The highest BCUT2D eigenvalue weighted by molar-refractivity contribution is 6.31. The summed E-state index contributed by atoms with van der Waals surface area (Å²) in [5, 5.41) is 10.8. The van der Waals surface area contributed by atoms with Crippen LogP contribution < -0.4 is 5.73 Å². The van der Waals surface area contributed by atoms with Crippen LogP contribution in [0.1, 0.15) is 11.6 Å². The van der Waals surface area contributed by atoms with E-state index in [1.165, 1.54) is 0 Å². The summed E-state index contributed by atoms with van der Waals surface area (Å²) in [6, 6.07) is 5.32. The Kier molecular flexibility index (Phi) is 2.69. The van der Waals surface area contributed by atoms with Gasteiger partial charge in [-0.1, -0.05) is 17.7 Å². The lowest BCUT2D eigenvalue weighted by Crippen LogP contribution is -2.13. The molecular weight excluding hydrogens is 212 g/mol. The van der Waals surface area contributed by atoms with Crippen molar-refractivity contribution in [2.75, 3.05) is 6.61 Å². The van der Waals surface area contributed by atoms with Crippen LogP contribution in [-0.2, 0) is 7.05 Å². The third-order valence-corrected chi connectivity index (χ3v) is 2.81. The molecule has 1 atom stereocenters. The highest BCUT2D eigenvalue weighted by Gasteiger charge is 2.12. The summed E-state index contributed by atoms with van der Waals surface area (Å²) in [4.78, 5) is 0. The van der Waals surface area contributed by atoms with Gasteiger partial charge in [-0.3, -0.25) is 0 Å². The van der Waals surface area contributed by atoms with Crippen molar-refractivity contribution in [2.45, 2.75) is 6.04 Å². The molecule has 0 fully saturated rings. The maximum atomic E-state index is 9.05. The van der Waals surface area contributed by atoms with Crippen molar-refractivity contribution in [1.82, 2.24) is 4.57 Å². The lowest BCUT2D eigenvalue weighted by Gasteiger charge is -2.05. The van der Waals surface area contributed by atoms with Crippen LogP contribution in [0.4, 0.5) is 0 Å². The number of aryl methyl sites for hydroxylation is 1. The molecule has 0 unspecified atom stereocenters. The normalized spacial score (nSPS) is 13.3. The van der Waals surface area contributed by atoms with Gasteiger partial charge in [0, 0.05) is 29.2 Å². The molecule has 1 aromatic carbocycles. The Bertz CT molecular complexity index is 493. The summed E-state index contributed by atoms with van der Waals surface area (Å²) >= 11 is 5.92. The van der Waals surface area contributed by atoms with Crippen LogP contribution in [0, 0.1) is 0 Å². The minimum absolute atomic E-state index is 0.0538. The van der Waals surface area contributed by atoms with Crippen LogP contribution in [-0.4, -0.2) is 16.3 Å².